The van der Waals surface area contributed by atoms with Crippen molar-refractivity contribution in [2.75, 3.05) is 19.6 Å². The van der Waals surface area contributed by atoms with Gasteiger partial charge in [0.25, 0.3) is 5.91 Å². The number of carbonyl (C=O) groups excluding carboxylic acids is 3. The SMILES string of the molecule is CC(C)CN1CC(C(=O)N2CCn3c(C(N)=O)cnc3C2)CC1=O. The van der Waals surface area contributed by atoms with Crippen LogP contribution in [0.2, 0.25) is 0 Å². The third-order valence-electron chi connectivity index (χ3n) is 4.58. The minimum atomic E-state index is -0.515. The maximum absolute atomic E-state index is 12.7. The van der Waals surface area contributed by atoms with E-state index < -0.39 is 5.91 Å². The fourth-order valence-corrected chi connectivity index (χ4v) is 3.46. The van der Waals surface area contributed by atoms with Crippen molar-refractivity contribution in [1.29, 1.82) is 0 Å². The van der Waals surface area contributed by atoms with Crippen LogP contribution in [0, 0.1) is 11.8 Å². The molecule has 0 saturated carbocycles. The number of nitrogens with zero attached hydrogens (tertiary/aromatic N) is 4. The van der Waals surface area contributed by atoms with Crippen LogP contribution in [0.4, 0.5) is 0 Å². The maximum atomic E-state index is 12.7. The van der Waals surface area contributed by atoms with Gasteiger partial charge in [0.15, 0.2) is 0 Å². The molecule has 8 nitrogen and oxygen atoms in total. The van der Waals surface area contributed by atoms with Crippen molar-refractivity contribution in [3.8, 4) is 0 Å². The quantitative estimate of drug-likeness (QED) is 0.826. The van der Waals surface area contributed by atoms with Crippen LogP contribution in [-0.4, -0.2) is 56.7 Å². The van der Waals surface area contributed by atoms with E-state index in [9.17, 15) is 14.4 Å². The molecule has 0 radical (unpaired) electrons. The molecule has 3 amide bonds. The Bertz CT molecular complexity index is 681. The van der Waals surface area contributed by atoms with Gasteiger partial charge < -0.3 is 20.1 Å². The molecule has 2 aliphatic rings. The van der Waals surface area contributed by atoms with Gasteiger partial charge in [0.2, 0.25) is 11.8 Å². The van der Waals surface area contributed by atoms with Gasteiger partial charge in [-0.25, -0.2) is 4.98 Å². The summed E-state index contributed by atoms with van der Waals surface area (Å²) >= 11 is 0. The lowest BCUT2D eigenvalue weighted by Crippen LogP contribution is -2.43. The lowest BCUT2D eigenvalue weighted by Gasteiger charge is -2.30. The molecule has 1 atom stereocenters. The Labute approximate surface area is 140 Å². The van der Waals surface area contributed by atoms with E-state index in [0.29, 0.717) is 50.2 Å². The second-order valence-electron chi connectivity index (χ2n) is 6.93. The molecule has 8 heteroatoms. The number of likely N-dealkylation sites (tertiary alicyclic amines) is 1. The number of primary amides is 1. The summed E-state index contributed by atoms with van der Waals surface area (Å²) in [5, 5.41) is 0. The summed E-state index contributed by atoms with van der Waals surface area (Å²) in [5.74, 6) is 0.290. The predicted octanol–water partition coefficient (Wildman–Crippen LogP) is -0.171. The number of hydrogen-bond donors (Lipinski definition) is 1. The minimum Gasteiger partial charge on any atom is -0.364 e. The first kappa shape index (κ1) is 16.5. The van der Waals surface area contributed by atoms with E-state index in [2.05, 4.69) is 18.8 Å². The van der Waals surface area contributed by atoms with Crippen molar-refractivity contribution in [3.05, 3.63) is 17.7 Å². The molecule has 1 aromatic heterocycles. The van der Waals surface area contributed by atoms with Gasteiger partial charge in [0.1, 0.15) is 11.5 Å². The van der Waals surface area contributed by atoms with Gasteiger partial charge >= 0.3 is 0 Å². The van der Waals surface area contributed by atoms with Crippen LogP contribution in [0.25, 0.3) is 0 Å². The molecule has 0 aromatic carbocycles. The van der Waals surface area contributed by atoms with Crippen LogP contribution in [0.5, 0.6) is 0 Å². The molecule has 24 heavy (non-hydrogen) atoms. The third-order valence-corrected chi connectivity index (χ3v) is 4.58. The van der Waals surface area contributed by atoms with Gasteiger partial charge in [0.05, 0.1) is 18.7 Å². The summed E-state index contributed by atoms with van der Waals surface area (Å²) in [7, 11) is 0. The number of amides is 3. The highest BCUT2D eigenvalue weighted by molar-refractivity contribution is 5.91. The van der Waals surface area contributed by atoms with Crippen molar-refractivity contribution in [1.82, 2.24) is 19.4 Å². The van der Waals surface area contributed by atoms with Crippen molar-refractivity contribution < 1.29 is 14.4 Å². The Morgan fingerprint density at radius 1 is 1.38 bits per heavy atom. The maximum Gasteiger partial charge on any atom is 0.266 e. The van der Waals surface area contributed by atoms with Gasteiger partial charge in [-0.1, -0.05) is 13.8 Å². The lowest BCUT2D eigenvalue weighted by atomic mass is 10.1. The molecular weight excluding hydrogens is 310 g/mol. The normalized spacial score (nSPS) is 20.6. The summed E-state index contributed by atoms with van der Waals surface area (Å²) in [5.41, 5.74) is 5.69. The zero-order valence-corrected chi connectivity index (χ0v) is 14.1. The smallest absolute Gasteiger partial charge is 0.266 e. The number of imidazole rings is 1. The number of fused-ring (bicyclic) bond motifs is 1. The Morgan fingerprint density at radius 3 is 2.79 bits per heavy atom. The second kappa shape index (κ2) is 6.26. The predicted molar refractivity (Wildman–Crippen MR) is 85.7 cm³/mol. The molecule has 2 aliphatic heterocycles. The number of carbonyl (C=O) groups is 3. The van der Waals surface area contributed by atoms with Crippen LogP contribution in [0.3, 0.4) is 0 Å². The van der Waals surface area contributed by atoms with E-state index in [-0.39, 0.29) is 24.2 Å². The largest absolute Gasteiger partial charge is 0.364 e. The van der Waals surface area contributed by atoms with E-state index in [1.54, 1.807) is 14.4 Å². The van der Waals surface area contributed by atoms with E-state index in [1.165, 1.54) is 6.20 Å². The molecule has 130 valence electrons. The third kappa shape index (κ3) is 3.00. The van der Waals surface area contributed by atoms with Gasteiger partial charge in [-0.2, -0.15) is 0 Å². The van der Waals surface area contributed by atoms with E-state index in [1.807, 2.05) is 0 Å². The summed E-state index contributed by atoms with van der Waals surface area (Å²) < 4.78 is 1.76. The van der Waals surface area contributed by atoms with Crippen LogP contribution >= 0.6 is 0 Å². The molecule has 1 saturated heterocycles. The van der Waals surface area contributed by atoms with E-state index >= 15 is 0 Å². The Kier molecular flexibility index (Phi) is 4.29. The first-order valence-electron chi connectivity index (χ1n) is 8.27. The second-order valence-corrected chi connectivity index (χ2v) is 6.93. The molecular formula is C16H23N5O3. The molecule has 0 aliphatic carbocycles. The molecule has 1 unspecified atom stereocenters. The number of aromatic nitrogens is 2. The monoisotopic (exact) mass is 333 g/mol. The van der Waals surface area contributed by atoms with Crippen LogP contribution in [0.1, 0.15) is 36.6 Å². The number of hydrogen-bond acceptors (Lipinski definition) is 4. The summed E-state index contributed by atoms with van der Waals surface area (Å²) in [4.78, 5) is 43.9. The molecule has 0 spiro atoms. The van der Waals surface area contributed by atoms with Crippen molar-refractivity contribution in [3.63, 3.8) is 0 Å². The highest BCUT2D eigenvalue weighted by atomic mass is 16.2. The molecule has 3 heterocycles. The average molecular weight is 333 g/mol. The van der Waals surface area contributed by atoms with Gasteiger partial charge in [-0.3, -0.25) is 14.4 Å². The lowest BCUT2D eigenvalue weighted by molar-refractivity contribution is -0.137. The van der Waals surface area contributed by atoms with Crippen LogP contribution in [0.15, 0.2) is 6.20 Å². The highest BCUT2D eigenvalue weighted by Crippen LogP contribution is 2.23. The summed E-state index contributed by atoms with van der Waals surface area (Å²) in [6, 6.07) is 0. The standard InChI is InChI=1S/C16H23N5O3/c1-10(2)7-20-8-11(5-14(20)22)16(24)19-3-4-21-12(15(17)23)6-18-13(21)9-19/h6,10-11H,3-5,7-9H2,1-2H3,(H2,17,23). The highest BCUT2D eigenvalue weighted by Gasteiger charge is 2.37. The Balaban J connectivity index is 1.67. The molecule has 0 bridgehead atoms. The molecule has 3 rings (SSSR count). The fraction of sp³-hybridized carbons (Fsp3) is 0.625. The Morgan fingerprint density at radius 2 is 2.12 bits per heavy atom. The minimum absolute atomic E-state index is 0.00974. The topological polar surface area (TPSA) is 102 Å². The molecule has 2 N–H and O–H groups in total. The average Bonchev–Trinajstić information content (AvgIpc) is 3.09. The fourth-order valence-electron chi connectivity index (χ4n) is 3.46. The van der Waals surface area contributed by atoms with Crippen LogP contribution in [-0.2, 0) is 22.7 Å². The molecule has 1 aromatic rings. The van der Waals surface area contributed by atoms with E-state index in [0.717, 1.165) is 0 Å². The summed E-state index contributed by atoms with van der Waals surface area (Å²) in [6.07, 6.45) is 1.73. The number of rotatable bonds is 4. The Hall–Kier alpha value is -2.38. The number of nitrogens with two attached hydrogens (primary N) is 1. The zero-order valence-electron chi connectivity index (χ0n) is 14.1. The van der Waals surface area contributed by atoms with Gasteiger partial charge in [0, 0.05) is 32.6 Å². The first-order chi connectivity index (χ1) is 11.4. The zero-order chi connectivity index (χ0) is 17.4. The summed E-state index contributed by atoms with van der Waals surface area (Å²) in [6.45, 7) is 6.64. The van der Waals surface area contributed by atoms with E-state index in [4.69, 9.17) is 5.73 Å². The molecule has 1 fully saturated rings. The van der Waals surface area contributed by atoms with Gasteiger partial charge in [-0.05, 0) is 5.92 Å². The van der Waals surface area contributed by atoms with Crippen LogP contribution < -0.4 is 5.73 Å². The van der Waals surface area contributed by atoms with Crippen molar-refractivity contribution in [2.24, 2.45) is 17.6 Å². The first-order valence-corrected chi connectivity index (χ1v) is 8.27. The van der Waals surface area contributed by atoms with Gasteiger partial charge in [-0.15, -0.1) is 0 Å². The van der Waals surface area contributed by atoms with Crippen molar-refractivity contribution in [2.45, 2.75) is 33.4 Å². The van der Waals surface area contributed by atoms with Crippen molar-refractivity contribution >= 4 is 17.7 Å².